The predicted octanol–water partition coefficient (Wildman–Crippen LogP) is 3.58. The van der Waals surface area contributed by atoms with Crippen LogP contribution in [0.15, 0.2) is 0 Å². The van der Waals surface area contributed by atoms with Crippen LogP contribution in [0, 0.1) is 0 Å². The minimum absolute atomic E-state index is 0.261. The number of unbranched alkanes of at least 4 members (excludes halogenated alkanes) is 7. The van der Waals surface area contributed by atoms with Crippen molar-refractivity contribution in [2.24, 2.45) is 0 Å². The number of hydrogen-bond donors (Lipinski definition) is 2. The molecule has 0 fully saturated rings. The first kappa shape index (κ1) is 19.9. The molecule has 0 aromatic rings. The lowest BCUT2D eigenvalue weighted by atomic mass is 10.1. The highest BCUT2D eigenvalue weighted by Crippen LogP contribution is 2.09. The summed E-state index contributed by atoms with van der Waals surface area (Å²) in [7, 11) is 0. The van der Waals surface area contributed by atoms with Crippen LogP contribution in [0.1, 0.15) is 78.6 Å². The maximum atomic E-state index is 9.74. The van der Waals surface area contributed by atoms with E-state index in [0.717, 1.165) is 13.0 Å². The van der Waals surface area contributed by atoms with Gasteiger partial charge in [0.2, 0.25) is 0 Å². The van der Waals surface area contributed by atoms with Gasteiger partial charge in [-0.15, -0.1) is 0 Å². The maximum Gasteiger partial charge on any atom is 0.0664 e. The molecular weight excluding hydrogens is 250 g/mol. The van der Waals surface area contributed by atoms with Crippen LogP contribution in [-0.2, 0) is 0 Å². The number of rotatable bonds is 14. The molecule has 0 amide bonds. The normalized spacial score (nSPS) is 14.7. The van der Waals surface area contributed by atoms with Crippen molar-refractivity contribution >= 4 is 0 Å². The Hall–Kier alpha value is -0.120. The van der Waals surface area contributed by atoms with E-state index in [1.807, 2.05) is 13.8 Å². The van der Waals surface area contributed by atoms with Crippen molar-refractivity contribution in [2.75, 3.05) is 19.6 Å². The number of nitrogens with zero attached hydrogens (tertiary/aromatic N) is 1. The molecule has 0 radical (unpaired) electrons. The molecule has 0 aliphatic heterocycles. The summed E-state index contributed by atoms with van der Waals surface area (Å²) in [6, 6.07) is 0. The molecule has 2 N–H and O–H groups in total. The van der Waals surface area contributed by atoms with Gasteiger partial charge in [0, 0.05) is 13.1 Å². The van der Waals surface area contributed by atoms with Crippen molar-refractivity contribution in [3.63, 3.8) is 0 Å². The van der Waals surface area contributed by atoms with Gasteiger partial charge >= 0.3 is 0 Å². The lowest BCUT2D eigenvalue weighted by Gasteiger charge is -2.25. The highest BCUT2D eigenvalue weighted by atomic mass is 16.3. The van der Waals surface area contributed by atoms with Crippen LogP contribution >= 0.6 is 0 Å². The van der Waals surface area contributed by atoms with Gasteiger partial charge in [-0.25, -0.2) is 0 Å². The first-order valence-electron chi connectivity index (χ1n) is 8.68. The second-order valence-corrected chi connectivity index (χ2v) is 6.15. The van der Waals surface area contributed by atoms with E-state index >= 15 is 0 Å². The Labute approximate surface area is 126 Å². The van der Waals surface area contributed by atoms with Gasteiger partial charge in [0.1, 0.15) is 0 Å². The lowest BCUT2D eigenvalue weighted by Crippen LogP contribution is -2.37. The summed E-state index contributed by atoms with van der Waals surface area (Å²) in [5.74, 6) is 0. The van der Waals surface area contributed by atoms with Crippen molar-refractivity contribution in [2.45, 2.75) is 90.8 Å². The fraction of sp³-hybridized carbons (Fsp3) is 1.00. The van der Waals surface area contributed by atoms with E-state index in [4.69, 9.17) is 0 Å². The minimum Gasteiger partial charge on any atom is -0.392 e. The third-order valence-corrected chi connectivity index (χ3v) is 3.79. The smallest absolute Gasteiger partial charge is 0.0664 e. The molecule has 2 atom stereocenters. The highest BCUT2D eigenvalue weighted by Gasteiger charge is 2.12. The Bertz CT molecular complexity index is 197. The van der Waals surface area contributed by atoms with E-state index in [9.17, 15) is 10.2 Å². The molecule has 0 saturated heterocycles. The zero-order valence-electron chi connectivity index (χ0n) is 14.0. The van der Waals surface area contributed by atoms with Crippen LogP contribution < -0.4 is 0 Å². The Morgan fingerprint density at radius 2 is 1.35 bits per heavy atom. The molecule has 0 aliphatic carbocycles. The van der Waals surface area contributed by atoms with Gasteiger partial charge in [-0.1, -0.05) is 58.8 Å². The highest BCUT2D eigenvalue weighted by molar-refractivity contribution is 4.66. The summed E-state index contributed by atoms with van der Waals surface area (Å²) in [5.41, 5.74) is 0. The average Bonchev–Trinajstić information content (AvgIpc) is 2.40. The van der Waals surface area contributed by atoms with Crippen LogP contribution in [0.4, 0.5) is 0 Å². The van der Waals surface area contributed by atoms with E-state index in [0.29, 0.717) is 13.1 Å². The molecule has 2 unspecified atom stereocenters. The lowest BCUT2D eigenvalue weighted by molar-refractivity contribution is 0.0732. The molecule has 0 rings (SSSR count). The standard InChI is InChI=1S/C17H37NO2/c1-4-6-7-8-9-10-11-12-13-18(14-16(3)19)15-17(20)5-2/h16-17,19-20H,4-15H2,1-3H3. The van der Waals surface area contributed by atoms with Crippen molar-refractivity contribution in [3.05, 3.63) is 0 Å². The van der Waals surface area contributed by atoms with Crippen LogP contribution in [0.3, 0.4) is 0 Å². The summed E-state index contributed by atoms with van der Waals surface area (Å²) in [6.45, 7) is 8.43. The summed E-state index contributed by atoms with van der Waals surface area (Å²) < 4.78 is 0. The molecule has 122 valence electrons. The van der Waals surface area contributed by atoms with Gasteiger partial charge in [-0.05, 0) is 26.3 Å². The second kappa shape index (κ2) is 13.8. The SMILES string of the molecule is CCCCCCCCCCN(CC(C)O)CC(O)CC. The average molecular weight is 287 g/mol. The monoisotopic (exact) mass is 287 g/mol. The van der Waals surface area contributed by atoms with Gasteiger partial charge in [0.15, 0.2) is 0 Å². The topological polar surface area (TPSA) is 43.7 Å². The molecule has 0 aromatic carbocycles. The summed E-state index contributed by atoms with van der Waals surface area (Å²) in [4.78, 5) is 2.20. The zero-order chi connectivity index (χ0) is 15.2. The first-order valence-corrected chi connectivity index (χ1v) is 8.68. The number of hydrogen-bond acceptors (Lipinski definition) is 3. The van der Waals surface area contributed by atoms with Crippen LogP contribution in [0.5, 0.6) is 0 Å². The molecule has 0 aliphatic rings. The van der Waals surface area contributed by atoms with Gasteiger partial charge in [0.25, 0.3) is 0 Å². The molecule has 20 heavy (non-hydrogen) atoms. The Morgan fingerprint density at radius 3 is 1.85 bits per heavy atom. The number of aliphatic hydroxyl groups is 2. The Morgan fingerprint density at radius 1 is 0.800 bits per heavy atom. The molecule has 0 saturated carbocycles. The van der Waals surface area contributed by atoms with Gasteiger partial charge in [-0.2, -0.15) is 0 Å². The maximum absolute atomic E-state index is 9.74. The summed E-state index contributed by atoms with van der Waals surface area (Å²) >= 11 is 0. The molecule has 3 heteroatoms. The van der Waals surface area contributed by atoms with Crippen molar-refractivity contribution in [1.82, 2.24) is 4.90 Å². The van der Waals surface area contributed by atoms with E-state index in [2.05, 4.69) is 11.8 Å². The summed E-state index contributed by atoms with van der Waals surface area (Å²) in [5, 5.41) is 19.2. The quantitative estimate of drug-likeness (QED) is 0.480. The van der Waals surface area contributed by atoms with E-state index in [-0.39, 0.29) is 12.2 Å². The van der Waals surface area contributed by atoms with Gasteiger partial charge < -0.3 is 10.2 Å². The third kappa shape index (κ3) is 12.9. The van der Waals surface area contributed by atoms with Crippen molar-refractivity contribution in [1.29, 1.82) is 0 Å². The van der Waals surface area contributed by atoms with Crippen molar-refractivity contribution < 1.29 is 10.2 Å². The van der Waals surface area contributed by atoms with Gasteiger partial charge in [-0.3, -0.25) is 4.90 Å². The molecule has 3 nitrogen and oxygen atoms in total. The van der Waals surface area contributed by atoms with Crippen molar-refractivity contribution in [3.8, 4) is 0 Å². The predicted molar refractivity (Wildman–Crippen MR) is 87.0 cm³/mol. The van der Waals surface area contributed by atoms with E-state index < -0.39 is 0 Å². The molecule has 0 aromatic heterocycles. The fourth-order valence-electron chi connectivity index (χ4n) is 2.53. The molecular formula is C17H37NO2. The van der Waals surface area contributed by atoms with E-state index in [1.165, 1.54) is 51.4 Å². The van der Waals surface area contributed by atoms with Crippen LogP contribution in [0.2, 0.25) is 0 Å². The van der Waals surface area contributed by atoms with Crippen LogP contribution in [-0.4, -0.2) is 47.0 Å². The largest absolute Gasteiger partial charge is 0.392 e. The molecule has 0 spiro atoms. The molecule has 0 heterocycles. The van der Waals surface area contributed by atoms with E-state index in [1.54, 1.807) is 0 Å². The minimum atomic E-state index is -0.312. The Balaban J connectivity index is 3.63. The fourth-order valence-corrected chi connectivity index (χ4v) is 2.53. The summed E-state index contributed by atoms with van der Waals surface area (Å²) in [6.07, 6.45) is 10.8. The zero-order valence-corrected chi connectivity index (χ0v) is 14.0. The molecule has 0 bridgehead atoms. The third-order valence-electron chi connectivity index (χ3n) is 3.79. The van der Waals surface area contributed by atoms with Crippen LogP contribution in [0.25, 0.3) is 0 Å². The van der Waals surface area contributed by atoms with Gasteiger partial charge in [0.05, 0.1) is 12.2 Å². The Kier molecular flexibility index (Phi) is 13.8. The second-order valence-electron chi connectivity index (χ2n) is 6.15. The number of aliphatic hydroxyl groups excluding tert-OH is 2. The first-order chi connectivity index (χ1) is 9.60.